The van der Waals surface area contributed by atoms with E-state index in [9.17, 15) is 5.11 Å². The van der Waals surface area contributed by atoms with Gasteiger partial charge in [-0.05, 0) is 11.6 Å². The molecule has 1 N–H and O–H groups in total. The molecule has 1 aliphatic heterocycles. The first-order chi connectivity index (χ1) is 9.28. The Bertz CT molecular complexity index is 567. The number of aryl methyl sites for hydroxylation is 1. The van der Waals surface area contributed by atoms with Crippen molar-refractivity contribution < 1.29 is 9.84 Å². The maximum absolute atomic E-state index is 9.18. The van der Waals surface area contributed by atoms with Crippen LogP contribution in [0.1, 0.15) is 5.56 Å². The molecule has 0 bridgehead atoms. The number of aromatic nitrogens is 2. The number of nitrogens with zero attached hydrogens (tertiary/aromatic N) is 3. The zero-order chi connectivity index (χ0) is 13.2. The second-order valence-corrected chi connectivity index (χ2v) is 5.05. The van der Waals surface area contributed by atoms with Crippen LogP contribution >= 0.6 is 0 Å². The highest BCUT2D eigenvalue weighted by Crippen LogP contribution is 2.19. The first kappa shape index (κ1) is 12.6. The Labute approximate surface area is 112 Å². The van der Waals surface area contributed by atoms with Crippen molar-refractivity contribution in [3.05, 3.63) is 30.1 Å². The van der Waals surface area contributed by atoms with E-state index in [0.717, 1.165) is 30.7 Å². The van der Waals surface area contributed by atoms with Gasteiger partial charge in [0.15, 0.2) is 0 Å². The van der Waals surface area contributed by atoms with Crippen molar-refractivity contribution in [1.82, 2.24) is 14.5 Å². The monoisotopic (exact) mass is 261 g/mol. The number of para-hydroxylation sites is 1. The van der Waals surface area contributed by atoms with E-state index in [-0.39, 0.29) is 12.7 Å². The van der Waals surface area contributed by atoms with Crippen LogP contribution in [0.25, 0.3) is 11.0 Å². The molecule has 1 saturated heterocycles. The van der Waals surface area contributed by atoms with Gasteiger partial charge >= 0.3 is 0 Å². The molecule has 1 aromatic carbocycles. The van der Waals surface area contributed by atoms with E-state index in [1.807, 2.05) is 17.9 Å². The number of rotatable bonds is 3. The zero-order valence-electron chi connectivity index (χ0n) is 11.1. The van der Waals surface area contributed by atoms with Gasteiger partial charge in [-0.1, -0.05) is 12.1 Å². The Morgan fingerprint density at radius 2 is 2.37 bits per heavy atom. The van der Waals surface area contributed by atoms with Crippen molar-refractivity contribution in [1.29, 1.82) is 0 Å². The summed E-state index contributed by atoms with van der Waals surface area (Å²) in [5, 5.41) is 9.18. The number of aliphatic hydroxyl groups excluding tert-OH is 1. The number of hydrogen-bond donors (Lipinski definition) is 1. The fraction of sp³-hybridized carbons (Fsp3) is 0.500. The van der Waals surface area contributed by atoms with Gasteiger partial charge in [-0.25, -0.2) is 4.98 Å². The molecule has 2 heterocycles. The minimum Gasteiger partial charge on any atom is -0.394 e. The van der Waals surface area contributed by atoms with Crippen molar-refractivity contribution >= 4 is 11.0 Å². The van der Waals surface area contributed by atoms with Crippen LogP contribution in [0.3, 0.4) is 0 Å². The van der Waals surface area contributed by atoms with Gasteiger partial charge < -0.3 is 14.4 Å². The smallest absolute Gasteiger partial charge is 0.0955 e. The van der Waals surface area contributed by atoms with Gasteiger partial charge in [0, 0.05) is 26.7 Å². The second-order valence-electron chi connectivity index (χ2n) is 5.05. The van der Waals surface area contributed by atoms with Crippen LogP contribution < -0.4 is 0 Å². The second kappa shape index (κ2) is 5.28. The third kappa shape index (κ3) is 2.49. The Morgan fingerprint density at radius 3 is 3.21 bits per heavy atom. The number of morpholine rings is 1. The molecule has 0 unspecified atom stereocenters. The van der Waals surface area contributed by atoms with Crippen LogP contribution in [0.5, 0.6) is 0 Å². The van der Waals surface area contributed by atoms with Crippen molar-refractivity contribution in [2.24, 2.45) is 7.05 Å². The maximum Gasteiger partial charge on any atom is 0.0955 e. The molecule has 1 fully saturated rings. The van der Waals surface area contributed by atoms with E-state index in [0.29, 0.717) is 6.61 Å². The Kier molecular flexibility index (Phi) is 3.50. The van der Waals surface area contributed by atoms with E-state index in [2.05, 4.69) is 28.1 Å². The minimum atomic E-state index is -0.0586. The third-order valence-electron chi connectivity index (χ3n) is 3.66. The number of imidazole rings is 1. The number of hydrogen-bond acceptors (Lipinski definition) is 4. The molecule has 1 atom stereocenters. The van der Waals surface area contributed by atoms with Crippen LogP contribution in [0.15, 0.2) is 24.5 Å². The van der Waals surface area contributed by atoms with E-state index in [4.69, 9.17) is 4.74 Å². The van der Waals surface area contributed by atoms with Crippen LogP contribution in [-0.4, -0.2) is 52.0 Å². The molecule has 3 rings (SSSR count). The first-order valence-corrected chi connectivity index (χ1v) is 6.61. The molecule has 1 aromatic heterocycles. The van der Waals surface area contributed by atoms with E-state index in [1.54, 1.807) is 0 Å². The summed E-state index contributed by atoms with van der Waals surface area (Å²) in [6.45, 7) is 3.31. The van der Waals surface area contributed by atoms with Crippen molar-refractivity contribution in [3.8, 4) is 0 Å². The Hall–Kier alpha value is -1.43. The quantitative estimate of drug-likeness (QED) is 0.886. The van der Waals surface area contributed by atoms with Gasteiger partial charge in [0.1, 0.15) is 0 Å². The average molecular weight is 261 g/mol. The van der Waals surface area contributed by atoms with Gasteiger partial charge in [0.05, 0.1) is 36.7 Å². The highest BCUT2D eigenvalue weighted by molar-refractivity contribution is 5.78. The largest absolute Gasteiger partial charge is 0.394 e. The van der Waals surface area contributed by atoms with Crippen LogP contribution in [-0.2, 0) is 18.3 Å². The van der Waals surface area contributed by atoms with E-state index in [1.165, 1.54) is 5.56 Å². The standard InChI is InChI=1S/C14H19N3O2/c1-16-10-15-14-11(3-2-4-13(14)16)7-17-5-6-19-12(8-17)9-18/h2-4,10,12,18H,5-9H2,1H3/t12-/m0/s1. The molecule has 5 heteroatoms. The van der Waals surface area contributed by atoms with Gasteiger partial charge in [0.2, 0.25) is 0 Å². The number of aliphatic hydroxyl groups is 1. The van der Waals surface area contributed by atoms with Gasteiger partial charge in [-0.15, -0.1) is 0 Å². The van der Waals surface area contributed by atoms with Crippen LogP contribution in [0.2, 0.25) is 0 Å². The van der Waals surface area contributed by atoms with Crippen molar-refractivity contribution in [2.75, 3.05) is 26.3 Å². The molecule has 102 valence electrons. The molecular formula is C14H19N3O2. The van der Waals surface area contributed by atoms with Gasteiger partial charge in [0.25, 0.3) is 0 Å². The Balaban J connectivity index is 1.81. The molecular weight excluding hydrogens is 242 g/mol. The lowest BCUT2D eigenvalue weighted by Gasteiger charge is -2.32. The zero-order valence-corrected chi connectivity index (χ0v) is 11.1. The summed E-state index contributed by atoms with van der Waals surface area (Å²) in [4.78, 5) is 6.79. The highest BCUT2D eigenvalue weighted by Gasteiger charge is 2.20. The summed E-state index contributed by atoms with van der Waals surface area (Å²) in [5.74, 6) is 0. The predicted molar refractivity (Wildman–Crippen MR) is 72.8 cm³/mol. The molecule has 0 amide bonds. The maximum atomic E-state index is 9.18. The molecule has 0 aliphatic carbocycles. The molecule has 1 aliphatic rings. The van der Waals surface area contributed by atoms with Crippen LogP contribution in [0, 0.1) is 0 Å². The normalized spacial score (nSPS) is 21.1. The molecule has 19 heavy (non-hydrogen) atoms. The topological polar surface area (TPSA) is 50.5 Å². The molecule has 0 spiro atoms. The molecule has 0 saturated carbocycles. The van der Waals surface area contributed by atoms with Gasteiger partial charge in [-0.3, -0.25) is 4.90 Å². The fourth-order valence-corrected chi connectivity index (χ4v) is 2.62. The lowest BCUT2D eigenvalue weighted by atomic mass is 10.1. The van der Waals surface area contributed by atoms with Crippen molar-refractivity contribution in [3.63, 3.8) is 0 Å². The number of fused-ring (bicyclic) bond motifs is 1. The summed E-state index contributed by atoms with van der Waals surface area (Å²) in [6.07, 6.45) is 1.79. The summed E-state index contributed by atoms with van der Waals surface area (Å²) in [5.41, 5.74) is 3.46. The Morgan fingerprint density at radius 1 is 1.47 bits per heavy atom. The van der Waals surface area contributed by atoms with Crippen molar-refractivity contribution in [2.45, 2.75) is 12.6 Å². The van der Waals surface area contributed by atoms with E-state index < -0.39 is 0 Å². The number of benzene rings is 1. The SMILES string of the molecule is Cn1cnc2c(CN3CCO[C@H](CO)C3)cccc21. The third-order valence-corrected chi connectivity index (χ3v) is 3.66. The fourth-order valence-electron chi connectivity index (χ4n) is 2.62. The lowest BCUT2D eigenvalue weighted by molar-refractivity contribution is -0.0550. The highest BCUT2D eigenvalue weighted by atomic mass is 16.5. The minimum absolute atomic E-state index is 0.0586. The average Bonchev–Trinajstić information content (AvgIpc) is 2.82. The summed E-state index contributed by atoms with van der Waals surface area (Å²) >= 11 is 0. The molecule has 0 radical (unpaired) electrons. The number of ether oxygens (including phenoxy) is 1. The van der Waals surface area contributed by atoms with E-state index >= 15 is 0 Å². The predicted octanol–water partition coefficient (Wildman–Crippen LogP) is 0.766. The molecule has 5 nitrogen and oxygen atoms in total. The summed E-state index contributed by atoms with van der Waals surface area (Å²) < 4.78 is 7.51. The first-order valence-electron chi connectivity index (χ1n) is 6.61. The summed E-state index contributed by atoms with van der Waals surface area (Å²) in [6, 6.07) is 6.28. The lowest BCUT2D eigenvalue weighted by Crippen LogP contribution is -2.43. The summed E-state index contributed by atoms with van der Waals surface area (Å²) in [7, 11) is 2.01. The molecule has 2 aromatic rings. The van der Waals surface area contributed by atoms with Gasteiger partial charge in [-0.2, -0.15) is 0 Å². The van der Waals surface area contributed by atoms with Crippen LogP contribution in [0.4, 0.5) is 0 Å².